The lowest BCUT2D eigenvalue weighted by molar-refractivity contribution is -0.172. The Labute approximate surface area is 124 Å². The predicted octanol–water partition coefficient (Wildman–Crippen LogP) is 2.89. The second-order valence-corrected chi connectivity index (χ2v) is 4.68. The molecule has 0 spiro atoms. The van der Waals surface area contributed by atoms with Crippen LogP contribution in [0.3, 0.4) is 0 Å². The molecule has 0 heterocycles. The lowest BCUT2D eigenvalue weighted by Crippen LogP contribution is -2.43. The highest BCUT2D eigenvalue weighted by molar-refractivity contribution is 6.00. The monoisotopic (exact) mass is 296 g/mol. The summed E-state index contributed by atoms with van der Waals surface area (Å²) in [4.78, 5) is 24.6. The van der Waals surface area contributed by atoms with Crippen molar-refractivity contribution in [3.63, 3.8) is 0 Å². The molecule has 5 heteroatoms. The van der Waals surface area contributed by atoms with Gasteiger partial charge in [-0.05, 0) is 44.4 Å². The van der Waals surface area contributed by atoms with Crippen LogP contribution >= 0.6 is 0 Å². The van der Waals surface area contributed by atoms with Crippen LogP contribution in [0.1, 0.15) is 32.8 Å². The average Bonchev–Trinajstić information content (AvgIpc) is 2.47. The number of rotatable bonds is 7. The Morgan fingerprint density at radius 1 is 1.00 bits per heavy atom. The van der Waals surface area contributed by atoms with Crippen LogP contribution < -0.4 is 0 Å². The third-order valence-corrected chi connectivity index (χ3v) is 3.36. The number of hydrogen-bond donors (Lipinski definition) is 0. The van der Waals surface area contributed by atoms with Gasteiger partial charge < -0.3 is 9.47 Å². The number of carbonyl (C=O) groups is 2. The fraction of sp³-hybridized carbons (Fsp3) is 0.500. The van der Waals surface area contributed by atoms with Gasteiger partial charge in [-0.25, -0.2) is 4.39 Å². The van der Waals surface area contributed by atoms with Crippen molar-refractivity contribution < 1.29 is 23.5 Å². The Morgan fingerprint density at radius 3 is 1.86 bits per heavy atom. The normalized spacial score (nSPS) is 11.0. The van der Waals surface area contributed by atoms with Crippen molar-refractivity contribution in [3.8, 4) is 0 Å². The Morgan fingerprint density at radius 2 is 1.48 bits per heavy atom. The van der Waals surface area contributed by atoms with Crippen molar-refractivity contribution >= 4 is 11.9 Å². The Balaban J connectivity index is 3.12. The van der Waals surface area contributed by atoms with Gasteiger partial charge in [0.1, 0.15) is 5.82 Å². The van der Waals surface area contributed by atoms with E-state index in [1.54, 1.807) is 32.9 Å². The quantitative estimate of drug-likeness (QED) is 0.573. The summed E-state index contributed by atoms with van der Waals surface area (Å²) in [5.74, 6) is -1.57. The van der Waals surface area contributed by atoms with Crippen LogP contribution in [-0.2, 0) is 25.5 Å². The van der Waals surface area contributed by atoms with Gasteiger partial charge in [-0.1, -0.05) is 19.1 Å². The third-order valence-electron chi connectivity index (χ3n) is 3.36. The third kappa shape index (κ3) is 4.03. The van der Waals surface area contributed by atoms with E-state index in [0.717, 1.165) is 0 Å². The number of ether oxygens (including phenoxy) is 2. The number of esters is 2. The van der Waals surface area contributed by atoms with Gasteiger partial charge in [0.15, 0.2) is 5.41 Å². The van der Waals surface area contributed by atoms with Crippen molar-refractivity contribution in [2.45, 2.75) is 33.6 Å². The summed E-state index contributed by atoms with van der Waals surface area (Å²) in [6.07, 6.45) is 0.378. The fourth-order valence-corrected chi connectivity index (χ4v) is 2.13. The number of hydrogen-bond acceptors (Lipinski definition) is 4. The van der Waals surface area contributed by atoms with E-state index in [1.165, 1.54) is 12.1 Å². The van der Waals surface area contributed by atoms with E-state index in [-0.39, 0.29) is 31.9 Å². The molecule has 116 valence electrons. The van der Waals surface area contributed by atoms with E-state index < -0.39 is 17.4 Å². The first-order valence-electron chi connectivity index (χ1n) is 7.09. The molecule has 1 rings (SSSR count). The topological polar surface area (TPSA) is 52.6 Å². The molecule has 1 aromatic rings. The molecule has 0 fully saturated rings. The largest absolute Gasteiger partial charge is 0.465 e. The highest BCUT2D eigenvalue weighted by Gasteiger charge is 2.47. The molecule has 1 aromatic carbocycles. The van der Waals surface area contributed by atoms with E-state index in [1.807, 2.05) is 0 Å². The summed E-state index contributed by atoms with van der Waals surface area (Å²) in [5.41, 5.74) is -0.705. The van der Waals surface area contributed by atoms with Gasteiger partial charge in [0.05, 0.1) is 13.2 Å². The number of benzene rings is 1. The zero-order chi connectivity index (χ0) is 15.9. The highest BCUT2D eigenvalue weighted by Crippen LogP contribution is 2.31. The lowest BCUT2D eigenvalue weighted by Gasteiger charge is -2.28. The Bertz CT molecular complexity index is 464. The molecule has 0 N–H and O–H groups in total. The van der Waals surface area contributed by atoms with Gasteiger partial charge >= 0.3 is 11.9 Å². The summed E-state index contributed by atoms with van der Waals surface area (Å²) in [6.45, 7) is 5.47. The molecule has 4 nitrogen and oxygen atoms in total. The Kier molecular flexibility index (Phi) is 6.34. The van der Waals surface area contributed by atoms with Gasteiger partial charge in [-0.15, -0.1) is 0 Å². The summed E-state index contributed by atoms with van der Waals surface area (Å²) in [5, 5.41) is 0. The molecule has 0 saturated heterocycles. The summed E-state index contributed by atoms with van der Waals surface area (Å²) in [7, 11) is 0. The highest BCUT2D eigenvalue weighted by atomic mass is 19.1. The van der Waals surface area contributed by atoms with E-state index >= 15 is 0 Å². The molecule has 0 saturated carbocycles. The van der Waals surface area contributed by atoms with Crippen molar-refractivity contribution in [1.82, 2.24) is 0 Å². The van der Waals surface area contributed by atoms with Gasteiger partial charge in [0.2, 0.25) is 0 Å². The predicted molar refractivity (Wildman–Crippen MR) is 76.1 cm³/mol. The van der Waals surface area contributed by atoms with Crippen LogP contribution in [-0.4, -0.2) is 25.2 Å². The minimum Gasteiger partial charge on any atom is -0.465 e. The molecule has 0 bridgehead atoms. The number of halogens is 1. The van der Waals surface area contributed by atoms with Crippen LogP contribution in [0.15, 0.2) is 24.3 Å². The van der Waals surface area contributed by atoms with Crippen LogP contribution in [0.2, 0.25) is 0 Å². The molecule has 0 unspecified atom stereocenters. The second-order valence-electron chi connectivity index (χ2n) is 4.68. The summed E-state index contributed by atoms with van der Waals surface area (Å²) < 4.78 is 23.1. The molecule has 0 amide bonds. The maximum absolute atomic E-state index is 13.0. The van der Waals surface area contributed by atoms with Crippen molar-refractivity contribution in [2.75, 3.05) is 13.2 Å². The molecule has 21 heavy (non-hydrogen) atoms. The molecule has 0 radical (unpaired) electrons. The van der Waals surface area contributed by atoms with E-state index in [4.69, 9.17) is 9.47 Å². The summed E-state index contributed by atoms with van der Waals surface area (Å²) in [6, 6.07) is 5.70. The standard InChI is InChI=1S/C16H21FO4/c1-4-16(14(18)20-5-2,15(19)21-6-3)11-12-7-9-13(17)10-8-12/h7-10H,4-6,11H2,1-3H3. The Hall–Kier alpha value is -1.91. The van der Waals surface area contributed by atoms with Gasteiger partial charge in [-0.2, -0.15) is 0 Å². The van der Waals surface area contributed by atoms with Gasteiger partial charge in [-0.3, -0.25) is 9.59 Å². The zero-order valence-electron chi connectivity index (χ0n) is 12.6. The van der Waals surface area contributed by atoms with Crippen LogP contribution in [0.25, 0.3) is 0 Å². The molecule has 0 aliphatic carbocycles. The molecule has 0 aliphatic rings. The lowest BCUT2D eigenvalue weighted by atomic mass is 9.79. The zero-order valence-corrected chi connectivity index (χ0v) is 12.6. The minimum absolute atomic E-state index is 0.126. The SMILES string of the molecule is CCOC(=O)C(CC)(Cc1ccc(F)cc1)C(=O)OCC. The first-order chi connectivity index (χ1) is 10.00. The fourth-order valence-electron chi connectivity index (χ4n) is 2.13. The minimum atomic E-state index is -1.39. The van der Waals surface area contributed by atoms with E-state index in [9.17, 15) is 14.0 Å². The van der Waals surface area contributed by atoms with E-state index in [2.05, 4.69) is 0 Å². The maximum Gasteiger partial charge on any atom is 0.323 e. The smallest absolute Gasteiger partial charge is 0.323 e. The van der Waals surface area contributed by atoms with Gasteiger partial charge in [0, 0.05) is 0 Å². The molecular weight excluding hydrogens is 275 g/mol. The molecule has 0 atom stereocenters. The van der Waals surface area contributed by atoms with Crippen molar-refractivity contribution in [3.05, 3.63) is 35.6 Å². The first-order valence-corrected chi connectivity index (χ1v) is 7.09. The summed E-state index contributed by atoms with van der Waals surface area (Å²) >= 11 is 0. The van der Waals surface area contributed by atoms with Crippen molar-refractivity contribution in [1.29, 1.82) is 0 Å². The van der Waals surface area contributed by atoms with Crippen LogP contribution in [0, 0.1) is 11.2 Å². The van der Waals surface area contributed by atoms with E-state index in [0.29, 0.717) is 5.56 Å². The molecule has 0 aliphatic heterocycles. The average molecular weight is 296 g/mol. The second kappa shape index (κ2) is 7.76. The maximum atomic E-state index is 13.0. The molecule has 0 aromatic heterocycles. The number of carbonyl (C=O) groups excluding carboxylic acids is 2. The van der Waals surface area contributed by atoms with Gasteiger partial charge in [0.25, 0.3) is 0 Å². The van der Waals surface area contributed by atoms with Crippen molar-refractivity contribution in [2.24, 2.45) is 5.41 Å². The molecular formula is C16H21FO4. The first kappa shape index (κ1) is 17.1. The van der Waals surface area contributed by atoms with Crippen LogP contribution in [0.4, 0.5) is 4.39 Å². The van der Waals surface area contributed by atoms with Crippen LogP contribution in [0.5, 0.6) is 0 Å².